The van der Waals surface area contributed by atoms with Crippen LogP contribution < -0.4 is 0 Å². The van der Waals surface area contributed by atoms with Gasteiger partial charge in [0, 0.05) is 0 Å². The van der Waals surface area contributed by atoms with Gasteiger partial charge in [0.1, 0.15) is 0 Å². The van der Waals surface area contributed by atoms with Crippen LogP contribution in [0.15, 0.2) is 12.2 Å². The number of rotatable bonds is 20. The molecule has 0 aromatic carbocycles. The zero-order valence-electron chi connectivity index (χ0n) is 19.0. The van der Waals surface area contributed by atoms with Crippen LogP contribution in [0.25, 0.3) is 0 Å². The summed E-state index contributed by atoms with van der Waals surface area (Å²) >= 11 is 0. The predicted molar refractivity (Wildman–Crippen MR) is 121 cm³/mol. The lowest BCUT2D eigenvalue weighted by Gasteiger charge is -2.36. The van der Waals surface area contributed by atoms with E-state index in [1.807, 2.05) is 0 Å². The van der Waals surface area contributed by atoms with Gasteiger partial charge in [-0.3, -0.25) is 0 Å². The molecular weight excluding hydrogens is 314 g/mol. The van der Waals surface area contributed by atoms with Crippen LogP contribution >= 0.6 is 0 Å². The summed E-state index contributed by atoms with van der Waals surface area (Å²) in [5.41, 5.74) is 0. The summed E-state index contributed by atoms with van der Waals surface area (Å²) in [5, 5.41) is 0. The van der Waals surface area contributed by atoms with E-state index in [1.165, 1.54) is 127 Å². The van der Waals surface area contributed by atoms with E-state index in [9.17, 15) is 0 Å². The zero-order chi connectivity index (χ0) is 19.3. The summed E-state index contributed by atoms with van der Waals surface area (Å²) in [7, 11) is 0. The highest BCUT2D eigenvalue weighted by Gasteiger charge is 2.20. The van der Waals surface area contributed by atoms with E-state index >= 15 is 0 Å². The van der Waals surface area contributed by atoms with Gasteiger partial charge in [0.05, 0.1) is 26.2 Å². The lowest BCUT2D eigenvalue weighted by molar-refractivity contribution is -0.925. The van der Waals surface area contributed by atoms with Gasteiger partial charge < -0.3 is 4.48 Å². The van der Waals surface area contributed by atoms with Gasteiger partial charge in [-0.05, 0) is 58.8 Å². The third kappa shape index (κ3) is 14.8. The first-order chi connectivity index (χ1) is 12.7. The van der Waals surface area contributed by atoms with Crippen molar-refractivity contribution in [3.05, 3.63) is 12.2 Å². The van der Waals surface area contributed by atoms with Gasteiger partial charge in [-0.15, -0.1) is 0 Å². The maximum Gasteiger partial charge on any atom is 0.0786 e. The average molecular weight is 367 g/mol. The lowest BCUT2D eigenvalue weighted by atomic mass is 10.1. The fourth-order valence-corrected chi connectivity index (χ4v) is 4.14. The number of hydrogen-bond donors (Lipinski definition) is 0. The molecule has 0 fully saturated rings. The maximum absolute atomic E-state index is 2.44. The van der Waals surface area contributed by atoms with Crippen molar-refractivity contribution < 1.29 is 4.48 Å². The van der Waals surface area contributed by atoms with Gasteiger partial charge in [0.25, 0.3) is 0 Å². The number of quaternary nitrogens is 1. The molecule has 26 heavy (non-hydrogen) atoms. The van der Waals surface area contributed by atoms with Crippen molar-refractivity contribution in [3.8, 4) is 0 Å². The Bertz CT molecular complexity index is 291. The highest BCUT2D eigenvalue weighted by molar-refractivity contribution is 4.81. The minimum absolute atomic E-state index is 1.30. The van der Waals surface area contributed by atoms with E-state index in [2.05, 4.69) is 39.8 Å². The molecule has 0 amide bonds. The topological polar surface area (TPSA) is 0 Å². The maximum atomic E-state index is 2.44. The predicted octanol–water partition coefficient (Wildman–Crippen LogP) is 8.29. The molecule has 1 heteroatoms. The van der Waals surface area contributed by atoms with Crippen molar-refractivity contribution >= 4 is 0 Å². The molecule has 0 aliphatic heterocycles. The first kappa shape index (κ1) is 25.7. The molecule has 0 aromatic rings. The molecule has 0 heterocycles. The summed E-state index contributed by atoms with van der Waals surface area (Å²) in [4.78, 5) is 0. The van der Waals surface area contributed by atoms with E-state index in [1.54, 1.807) is 0 Å². The third-order valence-corrected chi connectivity index (χ3v) is 6.18. The Morgan fingerprint density at radius 3 is 1.38 bits per heavy atom. The lowest BCUT2D eigenvalue weighted by Crippen LogP contribution is -2.48. The monoisotopic (exact) mass is 366 g/mol. The molecule has 0 N–H and O–H groups in total. The largest absolute Gasteiger partial charge is 0.324 e. The second-order valence-corrected chi connectivity index (χ2v) is 8.36. The molecule has 0 aliphatic carbocycles. The van der Waals surface area contributed by atoms with Gasteiger partial charge >= 0.3 is 0 Å². The molecule has 0 saturated carbocycles. The van der Waals surface area contributed by atoms with E-state index in [0.29, 0.717) is 0 Å². The first-order valence-corrected chi connectivity index (χ1v) is 12.2. The van der Waals surface area contributed by atoms with Crippen LogP contribution in [0.4, 0.5) is 0 Å². The summed E-state index contributed by atoms with van der Waals surface area (Å²) in [6, 6.07) is 0. The molecule has 0 bridgehead atoms. The fraction of sp³-hybridized carbons (Fsp3) is 0.920. The zero-order valence-corrected chi connectivity index (χ0v) is 19.0. The van der Waals surface area contributed by atoms with Crippen LogP contribution in [-0.4, -0.2) is 30.7 Å². The molecule has 0 radical (unpaired) electrons. The molecule has 0 aromatic heterocycles. The smallest absolute Gasteiger partial charge is 0.0786 e. The number of nitrogens with zero attached hydrogens (tertiary/aromatic N) is 1. The Hall–Kier alpha value is -0.300. The highest BCUT2D eigenvalue weighted by Crippen LogP contribution is 2.14. The van der Waals surface area contributed by atoms with Crippen LogP contribution in [0.3, 0.4) is 0 Å². The molecule has 0 aliphatic rings. The number of hydrogen-bond acceptors (Lipinski definition) is 0. The van der Waals surface area contributed by atoms with Crippen LogP contribution in [0.1, 0.15) is 124 Å². The Labute approximate surface area is 167 Å². The molecule has 0 unspecified atom stereocenters. The van der Waals surface area contributed by atoms with Gasteiger partial charge in [-0.2, -0.15) is 0 Å². The summed E-state index contributed by atoms with van der Waals surface area (Å²) in [5.74, 6) is 0. The quantitative estimate of drug-likeness (QED) is 0.115. The van der Waals surface area contributed by atoms with Crippen molar-refractivity contribution in [1.82, 2.24) is 0 Å². The molecule has 156 valence electrons. The summed E-state index contributed by atoms with van der Waals surface area (Å²) in [6.45, 7) is 14.8. The average Bonchev–Trinajstić information content (AvgIpc) is 2.66. The van der Waals surface area contributed by atoms with E-state index in [0.717, 1.165) is 0 Å². The second-order valence-electron chi connectivity index (χ2n) is 8.36. The fourth-order valence-electron chi connectivity index (χ4n) is 4.14. The van der Waals surface area contributed by atoms with Crippen LogP contribution in [0.2, 0.25) is 0 Å². The minimum Gasteiger partial charge on any atom is -0.324 e. The van der Waals surface area contributed by atoms with Crippen molar-refractivity contribution in [2.75, 3.05) is 26.2 Å². The van der Waals surface area contributed by atoms with Gasteiger partial charge in [0.15, 0.2) is 0 Å². The molecule has 0 saturated heterocycles. The molecule has 1 nitrogen and oxygen atoms in total. The summed E-state index contributed by atoms with van der Waals surface area (Å²) in [6.07, 6.45) is 25.9. The SMILES string of the molecule is CCCCCCCC/C=C\CCCCCCCC[N+](CC)(CC)CCC. The van der Waals surface area contributed by atoms with E-state index in [-0.39, 0.29) is 0 Å². The molecule has 0 spiro atoms. The van der Waals surface area contributed by atoms with Gasteiger partial charge in [-0.1, -0.05) is 77.4 Å². The Balaban J connectivity index is 3.39. The highest BCUT2D eigenvalue weighted by atomic mass is 15.3. The first-order valence-electron chi connectivity index (χ1n) is 12.2. The standard InChI is InChI=1S/C25H52N/c1-5-9-10-11-12-13-14-15-16-17-18-19-20-21-22-23-25-26(7-3,8-4)24-6-2/h15-16H,5-14,17-25H2,1-4H3/q+1/b16-15-. The van der Waals surface area contributed by atoms with Crippen LogP contribution in [-0.2, 0) is 0 Å². The van der Waals surface area contributed by atoms with Gasteiger partial charge in [0.2, 0.25) is 0 Å². The van der Waals surface area contributed by atoms with Crippen molar-refractivity contribution in [3.63, 3.8) is 0 Å². The summed E-state index contributed by atoms with van der Waals surface area (Å²) < 4.78 is 1.35. The van der Waals surface area contributed by atoms with Crippen LogP contribution in [0, 0.1) is 0 Å². The second kappa shape index (κ2) is 19.5. The van der Waals surface area contributed by atoms with Crippen molar-refractivity contribution in [1.29, 1.82) is 0 Å². The number of unbranched alkanes of at least 4 members (excludes halogenated alkanes) is 12. The van der Waals surface area contributed by atoms with Crippen LogP contribution in [0.5, 0.6) is 0 Å². The Morgan fingerprint density at radius 2 is 0.923 bits per heavy atom. The molecule has 0 atom stereocenters. The third-order valence-electron chi connectivity index (χ3n) is 6.18. The Morgan fingerprint density at radius 1 is 0.462 bits per heavy atom. The van der Waals surface area contributed by atoms with Crippen molar-refractivity contribution in [2.24, 2.45) is 0 Å². The molecule has 0 rings (SSSR count). The minimum atomic E-state index is 1.30. The molecular formula is C25H52N+. The van der Waals surface area contributed by atoms with E-state index in [4.69, 9.17) is 0 Å². The normalized spacial score (nSPS) is 12.3. The number of allylic oxidation sites excluding steroid dienone is 2. The van der Waals surface area contributed by atoms with E-state index < -0.39 is 0 Å². The van der Waals surface area contributed by atoms with Crippen molar-refractivity contribution in [2.45, 2.75) is 124 Å². The van der Waals surface area contributed by atoms with Gasteiger partial charge in [-0.25, -0.2) is 0 Å². The Kier molecular flexibility index (Phi) is 19.2.